The number of hydrogen-bond donors (Lipinski definition) is 2. The van der Waals surface area contributed by atoms with Crippen molar-refractivity contribution in [1.82, 2.24) is 4.72 Å². The standard InChI is InChI=1S/C14H17N3O2S2/c1-16-21(18,19)11-2-3-13(12(15)8-11)17-6-4-14-10(9-17)5-7-20-14/h2-3,5,7-8,16H,4,6,9,15H2,1H3. The van der Waals surface area contributed by atoms with Crippen LogP contribution in [0.3, 0.4) is 0 Å². The summed E-state index contributed by atoms with van der Waals surface area (Å²) in [5, 5.41) is 2.11. The molecule has 0 bridgehead atoms. The van der Waals surface area contributed by atoms with Crippen LogP contribution in [0.5, 0.6) is 0 Å². The predicted octanol–water partition coefficient (Wildman–Crippen LogP) is 1.80. The molecule has 3 N–H and O–H groups in total. The molecular formula is C14H17N3O2S2. The molecule has 0 unspecified atom stereocenters. The van der Waals surface area contributed by atoms with Crippen molar-refractivity contribution in [2.75, 3.05) is 24.2 Å². The van der Waals surface area contributed by atoms with E-state index in [0.717, 1.165) is 25.2 Å². The highest BCUT2D eigenvalue weighted by Crippen LogP contribution is 2.32. The molecular weight excluding hydrogens is 306 g/mol. The summed E-state index contributed by atoms with van der Waals surface area (Å²) in [5.41, 5.74) is 8.78. The molecule has 2 aromatic rings. The number of rotatable bonds is 3. The zero-order valence-electron chi connectivity index (χ0n) is 11.7. The summed E-state index contributed by atoms with van der Waals surface area (Å²) in [6.45, 7) is 1.72. The molecule has 2 heterocycles. The van der Waals surface area contributed by atoms with Gasteiger partial charge in [-0.25, -0.2) is 13.1 Å². The van der Waals surface area contributed by atoms with Gasteiger partial charge in [0.1, 0.15) is 0 Å². The molecule has 112 valence electrons. The van der Waals surface area contributed by atoms with Gasteiger partial charge in [0.05, 0.1) is 16.3 Å². The predicted molar refractivity (Wildman–Crippen MR) is 86.2 cm³/mol. The number of nitrogen functional groups attached to an aromatic ring is 1. The number of fused-ring (bicyclic) bond motifs is 1. The quantitative estimate of drug-likeness (QED) is 0.845. The SMILES string of the molecule is CNS(=O)(=O)c1ccc(N2CCc3sccc3C2)c(N)c1. The first kappa shape index (κ1) is 14.4. The monoisotopic (exact) mass is 323 g/mol. The van der Waals surface area contributed by atoms with E-state index >= 15 is 0 Å². The van der Waals surface area contributed by atoms with Gasteiger partial charge < -0.3 is 10.6 Å². The molecule has 0 spiro atoms. The minimum atomic E-state index is -3.45. The maximum Gasteiger partial charge on any atom is 0.240 e. The van der Waals surface area contributed by atoms with Crippen molar-refractivity contribution < 1.29 is 8.42 Å². The van der Waals surface area contributed by atoms with E-state index < -0.39 is 10.0 Å². The first-order valence-corrected chi connectivity index (χ1v) is 9.01. The summed E-state index contributed by atoms with van der Waals surface area (Å²) in [5.74, 6) is 0. The average Bonchev–Trinajstić information content (AvgIpc) is 2.94. The normalized spacial score (nSPS) is 15.0. The van der Waals surface area contributed by atoms with E-state index in [1.165, 1.54) is 23.6 Å². The lowest BCUT2D eigenvalue weighted by atomic mass is 10.1. The number of nitrogens with one attached hydrogen (secondary N) is 1. The largest absolute Gasteiger partial charge is 0.397 e. The van der Waals surface area contributed by atoms with Gasteiger partial charge in [-0.1, -0.05) is 0 Å². The highest BCUT2D eigenvalue weighted by molar-refractivity contribution is 7.89. The van der Waals surface area contributed by atoms with Gasteiger partial charge in [0.15, 0.2) is 0 Å². The van der Waals surface area contributed by atoms with Gasteiger partial charge in [0, 0.05) is 18.0 Å². The Hall–Kier alpha value is -1.57. The van der Waals surface area contributed by atoms with E-state index in [9.17, 15) is 8.42 Å². The number of thiophene rings is 1. The van der Waals surface area contributed by atoms with Crippen LogP contribution in [0.2, 0.25) is 0 Å². The summed E-state index contributed by atoms with van der Waals surface area (Å²) in [4.78, 5) is 3.82. The van der Waals surface area contributed by atoms with Crippen molar-refractivity contribution in [1.29, 1.82) is 0 Å². The van der Waals surface area contributed by atoms with E-state index in [1.54, 1.807) is 23.5 Å². The van der Waals surface area contributed by atoms with Crippen LogP contribution in [-0.4, -0.2) is 22.0 Å². The fourth-order valence-corrected chi connectivity index (χ4v) is 4.21. The van der Waals surface area contributed by atoms with E-state index in [2.05, 4.69) is 21.1 Å². The minimum Gasteiger partial charge on any atom is -0.397 e. The van der Waals surface area contributed by atoms with Crippen molar-refractivity contribution in [3.8, 4) is 0 Å². The second kappa shape index (κ2) is 5.32. The second-order valence-electron chi connectivity index (χ2n) is 4.97. The molecule has 5 nitrogen and oxygen atoms in total. The number of sulfonamides is 1. The third-order valence-corrected chi connectivity index (χ3v) is 6.16. The Labute approximate surface area is 128 Å². The molecule has 1 aromatic heterocycles. The molecule has 0 atom stereocenters. The highest BCUT2D eigenvalue weighted by atomic mass is 32.2. The molecule has 21 heavy (non-hydrogen) atoms. The third kappa shape index (κ3) is 2.64. The molecule has 0 saturated heterocycles. The third-order valence-electron chi connectivity index (χ3n) is 3.73. The number of anilines is 2. The fraction of sp³-hybridized carbons (Fsp3) is 0.286. The minimum absolute atomic E-state index is 0.194. The van der Waals surface area contributed by atoms with Crippen LogP contribution in [0.1, 0.15) is 10.4 Å². The van der Waals surface area contributed by atoms with Crippen LogP contribution in [0.25, 0.3) is 0 Å². The number of benzene rings is 1. The molecule has 1 aliphatic heterocycles. The van der Waals surface area contributed by atoms with Gasteiger partial charge in [-0.2, -0.15) is 0 Å². The van der Waals surface area contributed by atoms with Crippen LogP contribution in [-0.2, 0) is 23.0 Å². The molecule has 7 heteroatoms. The Morgan fingerprint density at radius 2 is 2.14 bits per heavy atom. The van der Waals surface area contributed by atoms with Crippen LogP contribution in [0, 0.1) is 0 Å². The summed E-state index contributed by atoms with van der Waals surface area (Å²) in [6, 6.07) is 7.05. The van der Waals surface area contributed by atoms with E-state index in [0.29, 0.717) is 5.69 Å². The molecule has 0 saturated carbocycles. The molecule has 0 aliphatic carbocycles. The summed E-state index contributed by atoms with van der Waals surface area (Å²) >= 11 is 1.79. The number of nitrogens with two attached hydrogens (primary N) is 1. The van der Waals surface area contributed by atoms with Crippen molar-refractivity contribution in [2.45, 2.75) is 17.9 Å². The Morgan fingerprint density at radius 3 is 2.86 bits per heavy atom. The maximum atomic E-state index is 11.8. The lowest BCUT2D eigenvalue weighted by Crippen LogP contribution is -2.30. The van der Waals surface area contributed by atoms with Gasteiger partial charge in [-0.3, -0.25) is 0 Å². The zero-order chi connectivity index (χ0) is 15.0. The highest BCUT2D eigenvalue weighted by Gasteiger charge is 2.20. The molecule has 0 radical (unpaired) electrons. The Bertz CT molecular complexity index is 768. The van der Waals surface area contributed by atoms with Crippen molar-refractivity contribution in [3.63, 3.8) is 0 Å². The molecule has 1 aromatic carbocycles. The van der Waals surface area contributed by atoms with Crippen LogP contribution in [0.15, 0.2) is 34.5 Å². The average molecular weight is 323 g/mol. The first-order valence-electron chi connectivity index (χ1n) is 6.64. The lowest BCUT2D eigenvalue weighted by molar-refractivity contribution is 0.588. The van der Waals surface area contributed by atoms with Gasteiger partial charge >= 0.3 is 0 Å². The van der Waals surface area contributed by atoms with E-state index in [4.69, 9.17) is 5.73 Å². The molecule has 0 fully saturated rings. The zero-order valence-corrected chi connectivity index (χ0v) is 13.3. The Morgan fingerprint density at radius 1 is 1.33 bits per heavy atom. The summed E-state index contributed by atoms with van der Waals surface area (Å²) in [6.07, 6.45) is 1.00. The van der Waals surface area contributed by atoms with Crippen LogP contribution >= 0.6 is 11.3 Å². The fourth-order valence-electron chi connectivity index (χ4n) is 2.56. The van der Waals surface area contributed by atoms with Crippen LogP contribution < -0.4 is 15.4 Å². The topological polar surface area (TPSA) is 75.4 Å². The van der Waals surface area contributed by atoms with Crippen molar-refractivity contribution >= 4 is 32.7 Å². The van der Waals surface area contributed by atoms with E-state index in [1.807, 2.05) is 0 Å². The first-order chi connectivity index (χ1) is 10.0. The molecule has 3 rings (SSSR count). The van der Waals surface area contributed by atoms with Crippen molar-refractivity contribution in [2.24, 2.45) is 0 Å². The van der Waals surface area contributed by atoms with Crippen molar-refractivity contribution in [3.05, 3.63) is 40.1 Å². The van der Waals surface area contributed by atoms with Gasteiger partial charge in [-0.05, 0) is 48.7 Å². The number of nitrogens with zero attached hydrogens (tertiary/aromatic N) is 1. The van der Waals surface area contributed by atoms with Gasteiger partial charge in [-0.15, -0.1) is 11.3 Å². The molecule has 0 amide bonds. The lowest BCUT2D eigenvalue weighted by Gasteiger charge is -2.30. The Kier molecular flexibility index (Phi) is 3.64. The smallest absolute Gasteiger partial charge is 0.240 e. The Balaban J connectivity index is 1.91. The van der Waals surface area contributed by atoms with Gasteiger partial charge in [0.25, 0.3) is 0 Å². The van der Waals surface area contributed by atoms with Crippen LogP contribution in [0.4, 0.5) is 11.4 Å². The van der Waals surface area contributed by atoms with Gasteiger partial charge in [0.2, 0.25) is 10.0 Å². The maximum absolute atomic E-state index is 11.8. The summed E-state index contributed by atoms with van der Waals surface area (Å²) < 4.78 is 25.9. The number of hydrogen-bond acceptors (Lipinski definition) is 5. The summed E-state index contributed by atoms with van der Waals surface area (Å²) in [7, 11) is -2.06. The molecule has 1 aliphatic rings. The second-order valence-corrected chi connectivity index (χ2v) is 7.86. The van der Waals surface area contributed by atoms with E-state index in [-0.39, 0.29) is 4.90 Å².